The van der Waals surface area contributed by atoms with Crippen LogP contribution in [0.15, 0.2) is 41.3 Å². The van der Waals surface area contributed by atoms with E-state index in [4.69, 9.17) is 0 Å². The summed E-state index contributed by atoms with van der Waals surface area (Å²) >= 11 is 0. The molecule has 2 heterocycles. The minimum Gasteiger partial charge on any atom is -0.336 e. The molecule has 2 amide bonds. The summed E-state index contributed by atoms with van der Waals surface area (Å²) in [6, 6.07) is 8.99. The van der Waals surface area contributed by atoms with E-state index in [1.807, 2.05) is 42.8 Å². The van der Waals surface area contributed by atoms with E-state index in [-0.39, 0.29) is 24.2 Å². The number of benzene rings is 1. The number of hydrogen-bond donors (Lipinski definition) is 2. The number of rotatable bonds is 6. The number of amides is 2. The largest absolute Gasteiger partial charge is 0.336 e. The van der Waals surface area contributed by atoms with E-state index in [2.05, 4.69) is 27.8 Å². The summed E-state index contributed by atoms with van der Waals surface area (Å²) in [6.07, 6.45) is 2.57. The number of urea groups is 1. The molecule has 0 saturated carbocycles. The fraction of sp³-hybridized carbons (Fsp3) is 0.368. The van der Waals surface area contributed by atoms with Crippen LogP contribution in [0.25, 0.3) is 10.8 Å². The zero-order valence-corrected chi connectivity index (χ0v) is 15.8. The Morgan fingerprint density at radius 1 is 1.30 bits per heavy atom. The summed E-state index contributed by atoms with van der Waals surface area (Å²) < 4.78 is 3.17. The van der Waals surface area contributed by atoms with Crippen molar-refractivity contribution in [3.05, 3.63) is 52.6 Å². The van der Waals surface area contributed by atoms with Gasteiger partial charge in [-0.05, 0) is 26.3 Å². The lowest BCUT2D eigenvalue weighted by Gasteiger charge is -2.14. The summed E-state index contributed by atoms with van der Waals surface area (Å²) in [5, 5.41) is 15.6. The van der Waals surface area contributed by atoms with E-state index in [0.29, 0.717) is 17.7 Å². The van der Waals surface area contributed by atoms with Gasteiger partial charge in [0.15, 0.2) is 0 Å². The van der Waals surface area contributed by atoms with Crippen LogP contribution in [0.2, 0.25) is 0 Å². The maximum atomic E-state index is 12.4. The molecule has 0 aliphatic heterocycles. The Kier molecular flexibility index (Phi) is 5.54. The molecule has 0 radical (unpaired) electrons. The smallest absolute Gasteiger partial charge is 0.320 e. The van der Waals surface area contributed by atoms with Gasteiger partial charge in [0.05, 0.1) is 29.9 Å². The first kappa shape index (κ1) is 18.6. The SMILES string of the molecule is CC[C@H](C)n1nc(C)cc1NC(=O)NCCn1ncc2ccccc2c1=O. The molecule has 0 unspecified atom stereocenters. The van der Waals surface area contributed by atoms with E-state index >= 15 is 0 Å². The van der Waals surface area contributed by atoms with Gasteiger partial charge in [0.2, 0.25) is 0 Å². The molecule has 0 bridgehead atoms. The van der Waals surface area contributed by atoms with Crippen molar-refractivity contribution in [2.45, 2.75) is 39.8 Å². The number of carbonyl (C=O) groups is 1. The minimum absolute atomic E-state index is 0.166. The number of nitrogens with zero attached hydrogens (tertiary/aromatic N) is 4. The highest BCUT2D eigenvalue weighted by atomic mass is 16.2. The number of fused-ring (bicyclic) bond motifs is 1. The average molecular weight is 368 g/mol. The second-order valence-corrected chi connectivity index (χ2v) is 6.51. The second-order valence-electron chi connectivity index (χ2n) is 6.51. The number of anilines is 1. The molecule has 3 aromatic rings. The molecule has 27 heavy (non-hydrogen) atoms. The first-order valence-electron chi connectivity index (χ1n) is 9.05. The predicted octanol–water partition coefficient (Wildman–Crippen LogP) is 2.69. The fourth-order valence-corrected chi connectivity index (χ4v) is 2.84. The summed E-state index contributed by atoms with van der Waals surface area (Å²) in [4.78, 5) is 24.6. The van der Waals surface area contributed by atoms with Gasteiger partial charge < -0.3 is 5.32 Å². The van der Waals surface area contributed by atoms with E-state index in [0.717, 1.165) is 17.5 Å². The molecule has 1 atom stereocenters. The van der Waals surface area contributed by atoms with Crippen LogP contribution in [0.5, 0.6) is 0 Å². The van der Waals surface area contributed by atoms with Crippen molar-refractivity contribution in [3.63, 3.8) is 0 Å². The highest BCUT2D eigenvalue weighted by Gasteiger charge is 2.13. The van der Waals surface area contributed by atoms with Crippen LogP contribution in [-0.4, -0.2) is 32.1 Å². The Bertz CT molecular complexity index is 1010. The van der Waals surface area contributed by atoms with Crippen LogP contribution >= 0.6 is 0 Å². The van der Waals surface area contributed by atoms with Gasteiger partial charge in [-0.15, -0.1) is 0 Å². The fourth-order valence-electron chi connectivity index (χ4n) is 2.84. The lowest BCUT2D eigenvalue weighted by Crippen LogP contribution is -2.35. The molecule has 0 spiro atoms. The third kappa shape index (κ3) is 4.16. The number of aryl methyl sites for hydroxylation is 1. The number of nitrogens with one attached hydrogen (secondary N) is 2. The molecule has 0 aliphatic carbocycles. The number of hydrogen-bond acceptors (Lipinski definition) is 4. The van der Waals surface area contributed by atoms with Crippen molar-refractivity contribution in [2.75, 3.05) is 11.9 Å². The molecule has 2 aromatic heterocycles. The predicted molar refractivity (Wildman–Crippen MR) is 105 cm³/mol. The van der Waals surface area contributed by atoms with Crippen LogP contribution < -0.4 is 16.2 Å². The third-order valence-corrected chi connectivity index (χ3v) is 4.48. The molecule has 2 N–H and O–H groups in total. The highest BCUT2D eigenvalue weighted by Crippen LogP contribution is 2.18. The number of carbonyl (C=O) groups excluding carboxylic acids is 1. The van der Waals surface area contributed by atoms with Gasteiger partial charge in [0.25, 0.3) is 5.56 Å². The molecule has 0 aliphatic rings. The quantitative estimate of drug-likeness (QED) is 0.699. The summed E-state index contributed by atoms with van der Waals surface area (Å²) in [6.45, 7) is 6.58. The minimum atomic E-state index is -0.340. The summed E-state index contributed by atoms with van der Waals surface area (Å²) in [5.41, 5.74) is 0.679. The van der Waals surface area contributed by atoms with Crippen molar-refractivity contribution in [1.29, 1.82) is 0 Å². The van der Waals surface area contributed by atoms with E-state index < -0.39 is 0 Å². The van der Waals surface area contributed by atoms with Gasteiger partial charge in [-0.2, -0.15) is 10.2 Å². The van der Waals surface area contributed by atoms with E-state index in [1.54, 1.807) is 12.3 Å². The molecule has 1 aromatic carbocycles. The zero-order chi connectivity index (χ0) is 19.4. The maximum Gasteiger partial charge on any atom is 0.320 e. The van der Waals surface area contributed by atoms with Crippen molar-refractivity contribution in [2.24, 2.45) is 0 Å². The van der Waals surface area contributed by atoms with Gasteiger partial charge in [0.1, 0.15) is 5.82 Å². The third-order valence-electron chi connectivity index (χ3n) is 4.48. The maximum absolute atomic E-state index is 12.4. The van der Waals surface area contributed by atoms with Gasteiger partial charge in [0, 0.05) is 18.0 Å². The molecular weight excluding hydrogens is 344 g/mol. The number of aromatic nitrogens is 4. The Labute approximate surface area is 157 Å². The second kappa shape index (κ2) is 8.03. The zero-order valence-electron chi connectivity index (χ0n) is 15.8. The topological polar surface area (TPSA) is 93.8 Å². The molecule has 8 nitrogen and oxygen atoms in total. The van der Waals surface area contributed by atoms with Crippen LogP contribution in [0, 0.1) is 6.92 Å². The molecule has 0 fully saturated rings. The van der Waals surface area contributed by atoms with Crippen molar-refractivity contribution < 1.29 is 4.79 Å². The Balaban J connectivity index is 1.61. The summed E-state index contributed by atoms with van der Waals surface area (Å²) in [7, 11) is 0. The van der Waals surface area contributed by atoms with E-state index in [9.17, 15) is 9.59 Å². The normalized spacial score (nSPS) is 12.1. The first-order chi connectivity index (χ1) is 13.0. The van der Waals surface area contributed by atoms with Gasteiger partial charge in [-0.25, -0.2) is 14.2 Å². The standard InChI is InChI=1S/C19H24N6O2/c1-4-14(3)25-17(11-13(2)23-25)22-19(27)20-9-10-24-18(26)16-8-6-5-7-15(16)12-21-24/h5-8,11-12,14H,4,9-10H2,1-3H3,(H2,20,22,27)/t14-/m0/s1. The lowest BCUT2D eigenvalue weighted by molar-refractivity contribution is 0.251. The summed E-state index contributed by atoms with van der Waals surface area (Å²) in [5.74, 6) is 0.653. The molecular formula is C19H24N6O2. The van der Waals surface area contributed by atoms with Crippen molar-refractivity contribution in [1.82, 2.24) is 24.9 Å². The lowest BCUT2D eigenvalue weighted by atomic mass is 10.2. The van der Waals surface area contributed by atoms with Crippen LogP contribution in [0.4, 0.5) is 10.6 Å². The molecule has 0 saturated heterocycles. The Hall–Kier alpha value is -3.16. The average Bonchev–Trinajstić information content (AvgIpc) is 3.03. The highest BCUT2D eigenvalue weighted by molar-refractivity contribution is 5.88. The van der Waals surface area contributed by atoms with Crippen LogP contribution in [0.3, 0.4) is 0 Å². The monoisotopic (exact) mass is 368 g/mol. The van der Waals surface area contributed by atoms with Crippen LogP contribution in [-0.2, 0) is 6.54 Å². The molecule has 142 valence electrons. The van der Waals surface area contributed by atoms with Crippen molar-refractivity contribution in [3.8, 4) is 0 Å². The van der Waals surface area contributed by atoms with Gasteiger partial charge in [-0.1, -0.05) is 25.1 Å². The Morgan fingerprint density at radius 3 is 2.85 bits per heavy atom. The molecule has 8 heteroatoms. The van der Waals surface area contributed by atoms with Crippen molar-refractivity contribution >= 4 is 22.6 Å². The van der Waals surface area contributed by atoms with Gasteiger partial charge >= 0.3 is 6.03 Å². The first-order valence-corrected chi connectivity index (χ1v) is 9.05. The molecule has 3 rings (SSSR count). The Morgan fingerprint density at radius 2 is 2.07 bits per heavy atom. The van der Waals surface area contributed by atoms with Gasteiger partial charge in [-0.3, -0.25) is 10.1 Å². The van der Waals surface area contributed by atoms with Crippen LogP contribution in [0.1, 0.15) is 32.0 Å². The van der Waals surface area contributed by atoms with E-state index in [1.165, 1.54) is 4.68 Å².